The van der Waals surface area contributed by atoms with Crippen LogP contribution in [-0.4, -0.2) is 55.8 Å². The molecule has 0 aliphatic carbocycles. The summed E-state index contributed by atoms with van der Waals surface area (Å²) >= 11 is 0. The van der Waals surface area contributed by atoms with Gasteiger partial charge in [0.1, 0.15) is 22.0 Å². The molecule has 3 rings (SSSR count). The number of ether oxygens (including phenoxy) is 1. The van der Waals surface area contributed by atoms with E-state index in [1.165, 1.54) is 12.1 Å². The van der Waals surface area contributed by atoms with Crippen LogP contribution in [0.1, 0.15) is 43.1 Å². The van der Waals surface area contributed by atoms with E-state index in [1.807, 2.05) is 54.6 Å². The highest BCUT2D eigenvalue weighted by molar-refractivity contribution is 7.85. The molecule has 35 heavy (non-hydrogen) atoms. The molecule has 3 aromatic rings. The maximum atomic E-state index is 10.7. The van der Waals surface area contributed by atoms with Crippen LogP contribution in [0, 0.1) is 6.92 Å². The Kier molecular flexibility index (Phi) is 10.9. The molecule has 190 valence electrons. The van der Waals surface area contributed by atoms with Crippen molar-refractivity contribution in [1.82, 2.24) is 0 Å². The standard InChI is InChI=1S/C21H30NO2.C7H8O3S/c1-4-22(3,5-2)16-11-17-24-20-15-10-9-14-19(20)21(23)18-12-7-6-8-13-18;1-6-4-2-3-5-7(6)11(8,9)10/h6-10,12-15,21,23H,4-5,11,16-17H2,1-3H3;2-5H,1H3,(H,8,9,10)/q+1;/p-1. The number of aryl methyl sites for hydroxylation is 1. The van der Waals surface area contributed by atoms with Gasteiger partial charge in [-0.25, -0.2) is 8.42 Å². The first-order chi connectivity index (χ1) is 16.6. The molecule has 0 saturated heterocycles. The Morgan fingerprint density at radius 1 is 0.914 bits per heavy atom. The minimum atomic E-state index is -4.28. The van der Waals surface area contributed by atoms with Gasteiger partial charge >= 0.3 is 0 Å². The van der Waals surface area contributed by atoms with Crippen molar-refractivity contribution in [3.05, 3.63) is 95.6 Å². The lowest BCUT2D eigenvalue weighted by atomic mass is 10.0. The van der Waals surface area contributed by atoms with Gasteiger partial charge in [-0.3, -0.25) is 0 Å². The van der Waals surface area contributed by atoms with Crippen molar-refractivity contribution >= 4 is 10.1 Å². The summed E-state index contributed by atoms with van der Waals surface area (Å²) in [5.41, 5.74) is 2.20. The Bertz CT molecular complexity index is 1140. The van der Waals surface area contributed by atoms with E-state index in [0.717, 1.165) is 47.4 Å². The summed E-state index contributed by atoms with van der Waals surface area (Å²) in [5.74, 6) is 0.774. The van der Waals surface area contributed by atoms with E-state index in [-0.39, 0.29) is 4.90 Å². The first-order valence-corrected chi connectivity index (χ1v) is 13.3. The molecule has 0 saturated carbocycles. The average Bonchev–Trinajstić information content (AvgIpc) is 2.87. The third-order valence-corrected chi connectivity index (χ3v) is 7.32. The van der Waals surface area contributed by atoms with Gasteiger partial charge in [-0.15, -0.1) is 0 Å². The first kappa shape index (κ1) is 28.5. The number of nitrogens with zero attached hydrogens (tertiary/aromatic N) is 1. The fourth-order valence-electron chi connectivity index (χ4n) is 3.66. The van der Waals surface area contributed by atoms with Crippen LogP contribution < -0.4 is 4.74 Å². The summed E-state index contributed by atoms with van der Waals surface area (Å²) in [5, 5.41) is 10.7. The predicted octanol–water partition coefficient (Wildman–Crippen LogP) is 4.92. The lowest BCUT2D eigenvalue weighted by Crippen LogP contribution is -2.44. The van der Waals surface area contributed by atoms with Gasteiger partial charge in [0, 0.05) is 12.0 Å². The molecule has 6 nitrogen and oxygen atoms in total. The molecule has 0 heterocycles. The van der Waals surface area contributed by atoms with Crippen LogP contribution in [0.15, 0.2) is 83.8 Å². The summed E-state index contributed by atoms with van der Waals surface area (Å²) in [6.45, 7) is 10.1. The van der Waals surface area contributed by atoms with Crippen molar-refractivity contribution in [2.45, 2.75) is 38.2 Å². The second-order valence-electron chi connectivity index (χ2n) is 8.75. The topological polar surface area (TPSA) is 86.7 Å². The van der Waals surface area contributed by atoms with Crippen LogP contribution >= 0.6 is 0 Å². The van der Waals surface area contributed by atoms with E-state index >= 15 is 0 Å². The Morgan fingerprint density at radius 3 is 2.06 bits per heavy atom. The smallest absolute Gasteiger partial charge is 0.125 e. The Balaban J connectivity index is 0.000000328. The summed E-state index contributed by atoms with van der Waals surface area (Å²) in [6, 6.07) is 23.6. The molecule has 0 radical (unpaired) electrons. The number of hydrogen-bond donors (Lipinski definition) is 1. The molecule has 1 N–H and O–H groups in total. The molecular formula is C28H37NO5S. The number of aliphatic hydroxyl groups is 1. The highest BCUT2D eigenvalue weighted by Crippen LogP contribution is 2.29. The minimum Gasteiger partial charge on any atom is -0.744 e. The molecule has 3 aromatic carbocycles. The van der Waals surface area contributed by atoms with Crippen molar-refractivity contribution < 1.29 is 27.3 Å². The summed E-state index contributed by atoms with van der Waals surface area (Å²) in [4.78, 5) is -0.139. The predicted molar refractivity (Wildman–Crippen MR) is 138 cm³/mol. The third-order valence-electron chi connectivity index (χ3n) is 6.32. The fourth-order valence-corrected chi connectivity index (χ4v) is 4.37. The van der Waals surface area contributed by atoms with Crippen LogP contribution in [0.25, 0.3) is 0 Å². The van der Waals surface area contributed by atoms with Gasteiger partial charge in [0.05, 0.1) is 38.2 Å². The molecule has 0 fully saturated rings. The normalized spacial score (nSPS) is 12.4. The fraction of sp³-hybridized carbons (Fsp3) is 0.357. The largest absolute Gasteiger partial charge is 0.744 e. The molecule has 0 aliphatic heterocycles. The second kappa shape index (κ2) is 13.4. The molecule has 0 spiro atoms. The van der Waals surface area contributed by atoms with Crippen LogP contribution in [0.4, 0.5) is 0 Å². The van der Waals surface area contributed by atoms with Gasteiger partial charge < -0.3 is 18.9 Å². The van der Waals surface area contributed by atoms with Crippen molar-refractivity contribution in [3.63, 3.8) is 0 Å². The molecule has 0 aromatic heterocycles. The number of hydrogen-bond acceptors (Lipinski definition) is 5. The van der Waals surface area contributed by atoms with Crippen LogP contribution in [0.5, 0.6) is 5.75 Å². The molecule has 1 atom stereocenters. The van der Waals surface area contributed by atoms with Gasteiger partial charge in [0.2, 0.25) is 0 Å². The highest BCUT2D eigenvalue weighted by atomic mass is 32.2. The van der Waals surface area contributed by atoms with E-state index < -0.39 is 16.2 Å². The van der Waals surface area contributed by atoms with Gasteiger partial charge in [-0.2, -0.15) is 0 Å². The van der Waals surface area contributed by atoms with E-state index in [2.05, 4.69) is 20.9 Å². The molecule has 1 unspecified atom stereocenters. The summed E-state index contributed by atoms with van der Waals surface area (Å²) in [6.07, 6.45) is 0.350. The van der Waals surface area contributed by atoms with E-state index in [0.29, 0.717) is 12.2 Å². The summed E-state index contributed by atoms with van der Waals surface area (Å²) in [7, 11) is -2.00. The van der Waals surface area contributed by atoms with E-state index in [9.17, 15) is 18.1 Å². The monoisotopic (exact) mass is 499 g/mol. The second-order valence-corrected chi connectivity index (χ2v) is 10.1. The molecular weight excluding hydrogens is 462 g/mol. The lowest BCUT2D eigenvalue weighted by Gasteiger charge is -2.32. The molecule has 0 aliphatic rings. The van der Waals surface area contributed by atoms with Crippen molar-refractivity contribution in [2.75, 3.05) is 33.3 Å². The van der Waals surface area contributed by atoms with Crippen LogP contribution in [-0.2, 0) is 10.1 Å². The van der Waals surface area contributed by atoms with E-state index in [4.69, 9.17) is 4.74 Å². The maximum absolute atomic E-state index is 10.7. The molecule has 0 amide bonds. The first-order valence-electron chi connectivity index (χ1n) is 11.9. The zero-order valence-electron chi connectivity index (χ0n) is 21.1. The zero-order chi connectivity index (χ0) is 25.9. The minimum absolute atomic E-state index is 0.139. The Hall–Kier alpha value is -2.71. The van der Waals surface area contributed by atoms with Crippen molar-refractivity contribution in [3.8, 4) is 5.75 Å². The van der Waals surface area contributed by atoms with E-state index in [1.54, 1.807) is 19.1 Å². The average molecular weight is 500 g/mol. The highest BCUT2D eigenvalue weighted by Gasteiger charge is 2.17. The zero-order valence-corrected chi connectivity index (χ0v) is 21.9. The van der Waals surface area contributed by atoms with Crippen molar-refractivity contribution in [1.29, 1.82) is 0 Å². The number of aliphatic hydroxyl groups excluding tert-OH is 1. The van der Waals surface area contributed by atoms with Gasteiger partial charge in [0.25, 0.3) is 0 Å². The maximum Gasteiger partial charge on any atom is 0.125 e. The van der Waals surface area contributed by atoms with Crippen LogP contribution in [0.3, 0.4) is 0 Å². The van der Waals surface area contributed by atoms with Gasteiger partial charge in [-0.05, 0) is 44.0 Å². The number of quaternary nitrogens is 1. The van der Waals surface area contributed by atoms with Gasteiger partial charge in [0.15, 0.2) is 0 Å². The number of benzene rings is 3. The lowest BCUT2D eigenvalue weighted by molar-refractivity contribution is -0.906. The number of rotatable bonds is 10. The quantitative estimate of drug-likeness (QED) is 0.243. The number of para-hydroxylation sites is 1. The van der Waals surface area contributed by atoms with Gasteiger partial charge in [-0.1, -0.05) is 66.7 Å². The Morgan fingerprint density at radius 2 is 1.49 bits per heavy atom. The molecule has 0 bridgehead atoms. The van der Waals surface area contributed by atoms with Crippen molar-refractivity contribution in [2.24, 2.45) is 0 Å². The third kappa shape index (κ3) is 8.78. The van der Waals surface area contributed by atoms with Crippen LogP contribution in [0.2, 0.25) is 0 Å². The SMILES string of the molecule is CC[N+](C)(CC)CCCOc1ccccc1C(O)c1ccccc1.Cc1ccccc1S(=O)(=O)[O-]. The summed E-state index contributed by atoms with van der Waals surface area (Å²) < 4.78 is 38.6. The molecule has 7 heteroatoms. The Labute approximate surface area is 210 Å².